The fraction of sp³-hybridized carbons (Fsp3) is 0.290. The van der Waals surface area contributed by atoms with Crippen LogP contribution in [0, 0.1) is 0 Å². The Hall–Kier alpha value is -4.46. The number of ether oxygens (including phenoxy) is 4. The van der Waals surface area contributed by atoms with E-state index in [1.54, 1.807) is 36.3 Å². The lowest BCUT2D eigenvalue weighted by Crippen LogP contribution is -2.29. The van der Waals surface area contributed by atoms with Crippen molar-refractivity contribution in [1.29, 1.82) is 0 Å². The van der Waals surface area contributed by atoms with Gasteiger partial charge in [0.15, 0.2) is 28.4 Å². The van der Waals surface area contributed by atoms with Crippen LogP contribution in [0.25, 0.3) is 11.0 Å². The first kappa shape index (κ1) is 24.9. The monoisotopic (exact) mass is 527 g/mol. The van der Waals surface area contributed by atoms with Crippen LogP contribution in [0.4, 0.5) is 0 Å². The van der Waals surface area contributed by atoms with E-state index in [0.29, 0.717) is 46.1 Å². The molecule has 0 N–H and O–H groups in total. The maximum Gasteiger partial charge on any atom is 0.291 e. The Morgan fingerprint density at radius 1 is 0.949 bits per heavy atom. The average Bonchev–Trinajstić information content (AvgIpc) is 3.54. The third-order valence-corrected chi connectivity index (χ3v) is 7.17. The molecule has 1 amide bonds. The third kappa shape index (κ3) is 4.46. The summed E-state index contributed by atoms with van der Waals surface area (Å²) in [5.41, 5.74) is 2.04. The van der Waals surface area contributed by atoms with E-state index >= 15 is 0 Å². The molecule has 3 heterocycles. The summed E-state index contributed by atoms with van der Waals surface area (Å²) in [4.78, 5) is 29.3. The highest BCUT2D eigenvalue weighted by Gasteiger charge is 2.43. The summed E-state index contributed by atoms with van der Waals surface area (Å²) in [5.74, 6) is 2.15. The summed E-state index contributed by atoms with van der Waals surface area (Å²) in [6, 6.07) is 17.4. The van der Waals surface area contributed by atoms with E-state index in [1.807, 2.05) is 36.4 Å². The Bertz CT molecular complexity index is 1610. The summed E-state index contributed by atoms with van der Waals surface area (Å²) in [5, 5.41) is 0.432. The number of carbonyl (C=O) groups is 1. The van der Waals surface area contributed by atoms with Crippen molar-refractivity contribution in [3.05, 3.63) is 93.3 Å². The third-order valence-electron chi connectivity index (χ3n) is 7.17. The van der Waals surface area contributed by atoms with Crippen LogP contribution in [0.5, 0.6) is 23.0 Å². The number of carbonyl (C=O) groups excluding carboxylic acids is 1. The molecule has 2 aliphatic heterocycles. The molecular formula is C31H29NO7. The highest BCUT2D eigenvalue weighted by Crippen LogP contribution is 2.42. The molecule has 8 heteroatoms. The Morgan fingerprint density at radius 3 is 2.64 bits per heavy atom. The van der Waals surface area contributed by atoms with Gasteiger partial charge in [0.05, 0.1) is 30.7 Å². The van der Waals surface area contributed by atoms with E-state index in [-0.39, 0.29) is 30.4 Å². The van der Waals surface area contributed by atoms with Gasteiger partial charge in [-0.1, -0.05) is 44.0 Å². The number of methoxy groups -OCH3 is 1. The molecule has 200 valence electrons. The van der Waals surface area contributed by atoms with Crippen LogP contribution in [-0.4, -0.2) is 31.3 Å². The van der Waals surface area contributed by atoms with E-state index in [4.69, 9.17) is 23.4 Å². The van der Waals surface area contributed by atoms with Crippen LogP contribution in [0.2, 0.25) is 0 Å². The summed E-state index contributed by atoms with van der Waals surface area (Å²) in [6.07, 6.45) is 3.13. The smallest absolute Gasteiger partial charge is 0.291 e. The van der Waals surface area contributed by atoms with Crippen LogP contribution >= 0.6 is 0 Å². The minimum absolute atomic E-state index is 0.0586. The van der Waals surface area contributed by atoms with Gasteiger partial charge in [-0.2, -0.15) is 0 Å². The van der Waals surface area contributed by atoms with Gasteiger partial charge in [0.25, 0.3) is 5.91 Å². The number of fused-ring (bicyclic) bond motifs is 3. The van der Waals surface area contributed by atoms with Gasteiger partial charge in [-0.3, -0.25) is 9.59 Å². The molecule has 8 nitrogen and oxygen atoms in total. The van der Waals surface area contributed by atoms with Gasteiger partial charge in [0.2, 0.25) is 12.6 Å². The minimum Gasteiger partial charge on any atom is -0.493 e. The van der Waals surface area contributed by atoms with Crippen molar-refractivity contribution in [2.24, 2.45) is 0 Å². The van der Waals surface area contributed by atoms with Crippen molar-refractivity contribution in [2.45, 2.75) is 38.8 Å². The Kier molecular flexibility index (Phi) is 6.60. The number of hydrogen-bond donors (Lipinski definition) is 0. The number of rotatable bonds is 9. The number of hydrogen-bond acceptors (Lipinski definition) is 7. The lowest BCUT2D eigenvalue weighted by molar-refractivity contribution is 0.0714. The summed E-state index contributed by atoms with van der Waals surface area (Å²) in [6.45, 7) is 3.12. The highest BCUT2D eigenvalue weighted by molar-refractivity contribution is 5.99. The van der Waals surface area contributed by atoms with Crippen LogP contribution in [-0.2, 0) is 6.54 Å². The summed E-state index contributed by atoms with van der Waals surface area (Å²) >= 11 is 0. The predicted octanol–water partition coefficient (Wildman–Crippen LogP) is 5.84. The standard InChI is InChI=1S/C31H29NO7/c1-3-4-7-14-36-23-13-11-20(16-25(23)35-2)28-27-29(33)21-8-5-6-9-22(21)39-30(27)31(34)32(28)17-19-10-12-24-26(15-19)38-18-37-24/h5-6,8-13,15-16,28H,3-4,7,14,17-18H2,1-2H3/t28-/m1/s1. The molecule has 0 bridgehead atoms. The molecule has 0 fully saturated rings. The molecule has 0 spiro atoms. The van der Waals surface area contributed by atoms with Gasteiger partial charge < -0.3 is 28.3 Å². The molecule has 2 aliphatic rings. The van der Waals surface area contributed by atoms with Crippen LogP contribution in [0.3, 0.4) is 0 Å². The number of amides is 1. The summed E-state index contributed by atoms with van der Waals surface area (Å²) in [7, 11) is 1.58. The van der Waals surface area contributed by atoms with Gasteiger partial charge in [-0.25, -0.2) is 0 Å². The number of para-hydroxylation sites is 1. The lowest BCUT2D eigenvalue weighted by Gasteiger charge is -2.26. The molecule has 0 unspecified atom stereocenters. The zero-order valence-corrected chi connectivity index (χ0v) is 21.9. The Morgan fingerprint density at radius 2 is 1.79 bits per heavy atom. The van der Waals surface area contributed by atoms with Crippen molar-refractivity contribution in [2.75, 3.05) is 20.5 Å². The van der Waals surface area contributed by atoms with E-state index in [2.05, 4.69) is 6.92 Å². The number of benzene rings is 3. The lowest BCUT2D eigenvalue weighted by atomic mass is 9.97. The Balaban J connectivity index is 1.44. The fourth-order valence-electron chi connectivity index (χ4n) is 5.22. The first-order valence-corrected chi connectivity index (χ1v) is 13.1. The van der Waals surface area contributed by atoms with Crippen molar-refractivity contribution in [1.82, 2.24) is 4.90 Å². The minimum atomic E-state index is -0.679. The van der Waals surface area contributed by atoms with Gasteiger partial charge in [-0.05, 0) is 53.9 Å². The first-order valence-electron chi connectivity index (χ1n) is 13.1. The SMILES string of the molecule is CCCCCOc1ccc([C@@H]2c3c(oc4ccccc4c3=O)C(=O)N2Cc2ccc3c(c2)OCO3)cc1OC. The molecule has 1 aromatic heterocycles. The van der Waals surface area contributed by atoms with E-state index < -0.39 is 6.04 Å². The largest absolute Gasteiger partial charge is 0.493 e. The maximum absolute atomic E-state index is 13.8. The second kappa shape index (κ2) is 10.4. The molecule has 1 atom stereocenters. The van der Waals surface area contributed by atoms with E-state index in [0.717, 1.165) is 30.4 Å². The molecular weight excluding hydrogens is 498 g/mol. The second-order valence-electron chi connectivity index (χ2n) is 9.66. The normalized spacial score (nSPS) is 15.6. The predicted molar refractivity (Wildman–Crippen MR) is 145 cm³/mol. The van der Waals surface area contributed by atoms with E-state index in [9.17, 15) is 9.59 Å². The molecule has 0 saturated heterocycles. The molecule has 0 aliphatic carbocycles. The van der Waals surface area contributed by atoms with E-state index in [1.165, 1.54) is 0 Å². The highest BCUT2D eigenvalue weighted by atomic mass is 16.7. The van der Waals surface area contributed by atoms with Gasteiger partial charge in [0, 0.05) is 6.54 Å². The topological polar surface area (TPSA) is 87.4 Å². The molecule has 39 heavy (non-hydrogen) atoms. The Labute approximate surface area is 225 Å². The average molecular weight is 528 g/mol. The van der Waals surface area contributed by atoms with Gasteiger partial charge >= 0.3 is 0 Å². The van der Waals surface area contributed by atoms with Crippen molar-refractivity contribution >= 4 is 16.9 Å². The van der Waals surface area contributed by atoms with Crippen LogP contribution in [0.1, 0.15) is 59.5 Å². The zero-order valence-electron chi connectivity index (χ0n) is 21.9. The van der Waals surface area contributed by atoms with Crippen LogP contribution in [0.15, 0.2) is 69.9 Å². The fourth-order valence-corrected chi connectivity index (χ4v) is 5.22. The molecule has 0 saturated carbocycles. The molecule has 6 rings (SSSR count). The first-order chi connectivity index (χ1) is 19.1. The van der Waals surface area contributed by atoms with Gasteiger partial charge in [0.1, 0.15) is 5.58 Å². The molecule has 4 aromatic rings. The number of nitrogens with zero attached hydrogens (tertiary/aromatic N) is 1. The molecule has 3 aromatic carbocycles. The number of unbranched alkanes of at least 4 members (excludes halogenated alkanes) is 2. The summed E-state index contributed by atoms with van der Waals surface area (Å²) < 4.78 is 28.7. The zero-order chi connectivity index (χ0) is 26.9. The van der Waals surface area contributed by atoms with Crippen molar-refractivity contribution < 1.29 is 28.2 Å². The maximum atomic E-state index is 13.8. The van der Waals surface area contributed by atoms with Crippen molar-refractivity contribution in [3.8, 4) is 23.0 Å². The van der Waals surface area contributed by atoms with Crippen LogP contribution < -0.4 is 24.4 Å². The second-order valence-corrected chi connectivity index (χ2v) is 9.66. The van der Waals surface area contributed by atoms with Crippen molar-refractivity contribution in [3.63, 3.8) is 0 Å². The quantitative estimate of drug-likeness (QED) is 0.253. The molecule has 0 radical (unpaired) electrons. The van der Waals surface area contributed by atoms with Gasteiger partial charge in [-0.15, -0.1) is 0 Å².